The number of primary amides is 1. The summed E-state index contributed by atoms with van der Waals surface area (Å²) in [4.78, 5) is 13.2. The molecule has 1 saturated heterocycles. The largest absolute Gasteiger partial charge is 0.351 e. The molecule has 0 aliphatic carbocycles. The van der Waals surface area contributed by atoms with Crippen molar-refractivity contribution in [1.29, 1.82) is 0 Å². The summed E-state index contributed by atoms with van der Waals surface area (Å²) in [6.07, 6.45) is 0. The highest BCUT2D eigenvalue weighted by molar-refractivity contribution is 5.77. The van der Waals surface area contributed by atoms with E-state index in [1.54, 1.807) is 4.90 Å². The van der Waals surface area contributed by atoms with Gasteiger partial charge in [0, 0.05) is 0 Å². The van der Waals surface area contributed by atoms with E-state index in [4.69, 9.17) is 5.73 Å². The van der Waals surface area contributed by atoms with Crippen LogP contribution in [0.4, 0.5) is 4.79 Å². The molecule has 0 bridgehead atoms. The standard InChI is InChI=1S/C15H14N2O/c16-15(18)17-13(11-7-3-1-4-8-11)14(17)12-9-5-2-6-10-12/h1-10,13-14H,(H2,16,18). The molecule has 1 heterocycles. The van der Waals surface area contributed by atoms with Gasteiger partial charge in [0.1, 0.15) is 0 Å². The van der Waals surface area contributed by atoms with Gasteiger partial charge in [-0.15, -0.1) is 0 Å². The number of nitrogens with zero attached hydrogens (tertiary/aromatic N) is 1. The van der Waals surface area contributed by atoms with Gasteiger partial charge in [-0.2, -0.15) is 0 Å². The van der Waals surface area contributed by atoms with Crippen molar-refractivity contribution < 1.29 is 4.79 Å². The summed E-state index contributed by atoms with van der Waals surface area (Å²) in [6.45, 7) is 0. The number of rotatable bonds is 2. The molecule has 2 amide bonds. The van der Waals surface area contributed by atoms with E-state index in [2.05, 4.69) is 0 Å². The van der Waals surface area contributed by atoms with Gasteiger partial charge in [0.05, 0.1) is 12.1 Å². The van der Waals surface area contributed by atoms with Crippen molar-refractivity contribution >= 4 is 6.03 Å². The number of nitrogens with two attached hydrogens (primary N) is 1. The maximum Gasteiger partial charge on any atom is 0.315 e. The third-order valence-corrected chi connectivity index (χ3v) is 3.35. The molecule has 0 aromatic heterocycles. The molecule has 3 nitrogen and oxygen atoms in total. The molecule has 2 N–H and O–H groups in total. The Bertz CT molecular complexity index is 508. The lowest BCUT2D eigenvalue weighted by Crippen LogP contribution is -2.19. The predicted octanol–water partition coefficient (Wildman–Crippen LogP) is 2.86. The first-order valence-electron chi connectivity index (χ1n) is 5.96. The fraction of sp³-hybridized carbons (Fsp3) is 0.133. The maximum absolute atomic E-state index is 11.5. The highest BCUT2D eigenvalue weighted by Crippen LogP contribution is 2.53. The predicted molar refractivity (Wildman–Crippen MR) is 69.8 cm³/mol. The third-order valence-electron chi connectivity index (χ3n) is 3.35. The summed E-state index contributed by atoms with van der Waals surface area (Å²) < 4.78 is 0. The first-order valence-corrected chi connectivity index (χ1v) is 5.96. The Labute approximate surface area is 106 Å². The molecular weight excluding hydrogens is 224 g/mol. The van der Waals surface area contributed by atoms with E-state index in [-0.39, 0.29) is 18.1 Å². The van der Waals surface area contributed by atoms with Crippen LogP contribution in [-0.2, 0) is 0 Å². The van der Waals surface area contributed by atoms with Crippen LogP contribution >= 0.6 is 0 Å². The molecule has 90 valence electrons. The lowest BCUT2D eigenvalue weighted by Gasteiger charge is -1.98. The van der Waals surface area contributed by atoms with Crippen molar-refractivity contribution in [3.8, 4) is 0 Å². The summed E-state index contributed by atoms with van der Waals surface area (Å²) in [7, 11) is 0. The molecule has 0 spiro atoms. The van der Waals surface area contributed by atoms with E-state index in [0.29, 0.717) is 0 Å². The Morgan fingerprint density at radius 2 is 1.22 bits per heavy atom. The molecule has 2 unspecified atom stereocenters. The van der Waals surface area contributed by atoms with E-state index in [9.17, 15) is 4.79 Å². The minimum atomic E-state index is -0.363. The summed E-state index contributed by atoms with van der Waals surface area (Å²) in [5.74, 6) is 0. The number of carbonyl (C=O) groups is 1. The normalized spacial score (nSPS) is 21.7. The van der Waals surface area contributed by atoms with Crippen molar-refractivity contribution in [2.24, 2.45) is 5.73 Å². The van der Waals surface area contributed by atoms with Crippen LogP contribution in [0.25, 0.3) is 0 Å². The quantitative estimate of drug-likeness (QED) is 0.803. The Kier molecular flexibility index (Phi) is 2.52. The van der Waals surface area contributed by atoms with Crippen LogP contribution in [0.15, 0.2) is 60.7 Å². The zero-order chi connectivity index (χ0) is 12.5. The van der Waals surface area contributed by atoms with E-state index < -0.39 is 0 Å². The first kappa shape index (κ1) is 10.8. The lowest BCUT2D eigenvalue weighted by molar-refractivity contribution is 0.234. The maximum atomic E-state index is 11.5. The second-order valence-corrected chi connectivity index (χ2v) is 4.46. The number of urea groups is 1. The van der Waals surface area contributed by atoms with Crippen LogP contribution in [-0.4, -0.2) is 10.9 Å². The van der Waals surface area contributed by atoms with Crippen molar-refractivity contribution in [3.63, 3.8) is 0 Å². The topological polar surface area (TPSA) is 46.1 Å². The molecule has 3 heteroatoms. The zero-order valence-corrected chi connectivity index (χ0v) is 9.86. The molecule has 1 aliphatic heterocycles. The van der Waals surface area contributed by atoms with Gasteiger partial charge < -0.3 is 10.6 Å². The molecule has 0 saturated carbocycles. The Morgan fingerprint density at radius 3 is 1.56 bits per heavy atom. The summed E-state index contributed by atoms with van der Waals surface area (Å²) in [5, 5.41) is 0. The van der Waals surface area contributed by atoms with Gasteiger partial charge in [0.15, 0.2) is 0 Å². The number of hydrogen-bond donors (Lipinski definition) is 1. The Hall–Kier alpha value is -2.29. The summed E-state index contributed by atoms with van der Waals surface area (Å²) in [5.41, 5.74) is 7.70. The van der Waals surface area contributed by atoms with Crippen LogP contribution in [0.1, 0.15) is 23.2 Å². The van der Waals surface area contributed by atoms with Gasteiger partial charge in [-0.25, -0.2) is 4.79 Å². The van der Waals surface area contributed by atoms with Crippen LogP contribution in [0, 0.1) is 0 Å². The van der Waals surface area contributed by atoms with Crippen molar-refractivity contribution in [2.45, 2.75) is 12.1 Å². The van der Waals surface area contributed by atoms with Crippen LogP contribution in [0.5, 0.6) is 0 Å². The average molecular weight is 238 g/mol. The van der Waals surface area contributed by atoms with Gasteiger partial charge in [-0.1, -0.05) is 60.7 Å². The van der Waals surface area contributed by atoms with Gasteiger partial charge in [-0.3, -0.25) is 0 Å². The number of amides is 2. The number of benzene rings is 2. The molecular formula is C15H14N2O. The second-order valence-electron chi connectivity index (χ2n) is 4.46. The third kappa shape index (κ3) is 1.74. The molecule has 2 aromatic rings. The van der Waals surface area contributed by atoms with Gasteiger partial charge in [-0.05, 0) is 11.1 Å². The molecule has 2 atom stereocenters. The van der Waals surface area contributed by atoms with Crippen molar-refractivity contribution in [3.05, 3.63) is 71.8 Å². The number of hydrogen-bond acceptors (Lipinski definition) is 1. The van der Waals surface area contributed by atoms with E-state index in [1.807, 2.05) is 60.7 Å². The fourth-order valence-corrected chi connectivity index (χ4v) is 2.49. The first-order chi connectivity index (χ1) is 8.79. The van der Waals surface area contributed by atoms with Crippen LogP contribution < -0.4 is 5.73 Å². The molecule has 0 radical (unpaired) electrons. The van der Waals surface area contributed by atoms with Gasteiger partial charge >= 0.3 is 6.03 Å². The monoisotopic (exact) mass is 238 g/mol. The molecule has 2 aromatic carbocycles. The smallest absolute Gasteiger partial charge is 0.315 e. The summed E-state index contributed by atoms with van der Waals surface area (Å²) in [6, 6.07) is 19.8. The highest BCUT2D eigenvalue weighted by Gasteiger charge is 2.51. The highest BCUT2D eigenvalue weighted by atomic mass is 16.2. The number of carbonyl (C=O) groups excluding carboxylic acids is 1. The zero-order valence-electron chi connectivity index (χ0n) is 9.86. The van der Waals surface area contributed by atoms with Crippen LogP contribution in [0.3, 0.4) is 0 Å². The van der Waals surface area contributed by atoms with Gasteiger partial charge in [0.2, 0.25) is 0 Å². The Balaban J connectivity index is 1.94. The van der Waals surface area contributed by atoms with Crippen molar-refractivity contribution in [2.75, 3.05) is 0 Å². The molecule has 1 aliphatic rings. The van der Waals surface area contributed by atoms with Gasteiger partial charge in [0.25, 0.3) is 0 Å². The average Bonchev–Trinajstić information content (AvgIpc) is 3.16. The second kappa shape index (κ2) is 4.18. The lowest BCUT2D eigenvalue weighted by atomic mass is 10.0. The van der Waals surface area contributed by atoms with Crippen molar-refractivity contribution in [1.82, 2.24) is 4.90 Å². The van der Waals surface area contributed by atoms with Crippen LogP contribution in [0.2, 0.25) is 0 Å². The minimum absolute atomic E-state index is 0.0751. The summed E-state index contributed by atoms with van der Waals surface area (Å²) >= 11 is 0. The van der Waals surface area contributed by atoms with E-state index in [0.717, 1.165) is 11.1 Å². The molecule has 1 fully saturated rings. The Morgan fingerprint density at radius 1 is 0.833 bits per heavy atom. The molecule has 18 heavy (non-hydrogen) atoms. The van der Waals surface area contributed by atoms with E-state index >= 15 is 0 Å². The SMILES string of the molecule is NC(=O)N1C(c2ccccc2)C1c1ccccc1. The molecule has 3 rings (SSSR count). The fourth-order valence-electron chi connectivity index (χ4n) is 2.49. The minimum Gasteiger partial charge on any atom is -0.351 e. The van der Waals surface area contributed by atoms with E-state index in [1.165, 1.54) is 0 Å².